The number of aliphatic hydroxyl groups excluding tert-OH is 6. The second-order valence-corrected chi connectivity index (χ2v) is 36.7. The van der Waals surface area contributed by atoms with Crippen molar-refractivity contribution < 1.29 is 131 Å². The number of carbonyl (C=O) groups excluding carboxylic acids is 8. The van der Waals surface area contributed by atoms with E-state index in [1.54, 1.807) is 0 Å². The molecule has 6 fully saturated rings. The molecule has 18 atom stereocenters. The number of nitrogens with one attached hydrogen (secondary N) is 9. The number of hydrogen-bond donors (Lipinski definition) is 19. The molecule has 6 aromatic carbocycles. The molecule has 2 saturated heterocycles. The minimum absolute atomic E-state index is 0.0475. The Labute approximate surface area is 735 Å². The maximum absolute atomic E-state index is 16.7. The second-order valence-electron chi connectivity index (χ2n) is 34.6. The van der Waals surface area contributed by atoms with Crippen LogP contribution < -0.4 is 71.9 Å². The summed E-state index contributed by atoms with van der Waals surface area (Å²) >= 11 is 7.30. The van der Waals surface area contributed by atoms with E-state index in [0.717, 1.165) is 92.8 Å². The molecule has 6 aromatic rings. The van der Waals surface area contributed by atoms with Gasteiger partial charge in [0.1, 0.15) is 101 Å². The van der Waals surface area contributed by atoms with Gasteiger partial charge in [-0.2, -0.15) is 0 Å². The Morgan fingerprint density at radius 3 is 1.98 bits per heavy atom. The number of aryl methyl sites for hydroxylation is 1. The Hall–Kier alpha value is -10.6. The van der Waals surface area contributed by atoms with Crippen LogP contribution in [-0.4, -0.2) is 220 Å². The van der Waals surface area contributed by atoms with Crippen LogP contribution in [0, 0.1) is 36.5 Å². The van der Waals surface area contributed by atoms with E-state index in [1.165, 1.54) is 70.3 Å². The van der Waals surface area contributed by atoms with E-state index < -0.39 is 236 Å². The van der Waals surface area contributed by atoms with Crippen molar-refractivity contribution >= 4 is 68.9 Å². The number of benzene rings is 6. The van der Waals surface area contributed by atoms with Crippen LogP contribution in [0.3, 0.4) is 0 Å². The van der Waals surface area contributed by atoms with E-state index in [4.69, 9.17) is 55.2 Å². The molecular formula is C88H107ClN10O27S. The van der Waals surface area contributed by atoms with Gasteiger partial charge in [-0.3, -0.25) is 38.4 Å². The molecule has 684 valence electrons. The Morgan fingerprint density at radius 1 is 0.693 bits per heavy atom. The maximum Gasteiger partial charge on any atom is 0.264 e. The number of phenolic OH excluding ortho intramolecular Hbond substituents is 3. The van der Waals surface area contributed by atoms with Crippen molar-refractivity contribution in [1.82, 2.24) is 47.3 Å². The minimum Gasteiger partial charge on any atom is -0.508 e. The Bertz CT molecular complexity index is 5250. The van der Waals surface area contributed by atoms with Gasteiger partial charge in [0.05, 0.1) is 47.8 Å². The number of rotatable bonds is 22. The fourth-order valence-corrected chi connectivity index (χ4v) is 19.8. The summed E-state index contributed by atoms with van der Waals surface area (Å²) in [7, 11) is -3.46. The number of sulfonamides is 1. The normalized spacial score (nSPS) is 30.2. The SMILES string of the molecule is CCOCCCOc1ccc(S(=O)(=O)NC(=O)C[C@@H]2NC(=O)[C@H](NC(=O)[C@@H](CC(C)C)NC)[C@H](O)c3ccc(c(C)c3)Oc3cc4cc(c3O[C@@H]3O[C@H](CO)[C@@H](O)[C@H](O)[C@H]3O[C@H]3C[C@](C)(N)[C@H](O)[C@H](C)O3)Oc3ccc(cc3Cl)[C@@H](O)[C@@H]3NC(=O)[C@H](NC(=O)[C@@H]4NC2=O)c2ccc(O)c(c2)-c2c(O)cc(O)cc2[C@@H](C(=O)NC2C4CC5CC(C4)CC2C5)NC3=O)cc1. The molecule has 20 N–H and O–H groups in total. The quantitative estimate of drug-likeness (QED) is 0.0433. The molecule has 39 heteroatoms. The van der Waals surface area contributed by atoms with Gasteiger partial charge in [0.15, 0.2) is 23.9 Å². The van der Waals surface area contributed by atoms with E-state index >= 15 is 28.8 Å². The zero-order valence-electron chi connectivity index (χ0n) is 70.5. The second kappa shape index (κ2) is 38.4. The highest BCUT2D eigenvalue weighted by Gasteiger charge is 2.53. The monoisotopic (exact) mass is 1800 g/mol. The molecule has 37 nitrogen and oxygen atoms in total. The first-order valence-corrected chi connectivity index (χ1v) is 44.2. The summed E-state index contributed by atoms with van der Waals surface area (Å²) in [5, 5.41) is 128. The predicted molar refractivity (Wildman–Crippen MR) is 450 cm³/mol. The third-order valence-corrected chi connectivity index (χ3v) is 26.5. The topological polar surface area (TPSA) is 561 Å². The number of aliphatic hydroxyl groups is 6. The van der Waals surface area contributed by atoms with Gasteiger partial charge in [-0.05, 0) is 215 Å². The first-order chi connectivity index (χ1) is 60.4. The molecule has 4 aliphatic carbocycles. The smallest absolute Gasteiger partial charge is 0.264 e. The minimum atomic E-state index is -4.93. The number of hydrogen-bond acceptors (Lipinski definition) is 29. The number of carbonyl (C=O) groups is 8. The standard InChI is InChI=1S/C88H107ClN10O27S/c1-8-119-20-9-21-120-50-13-15-51(16-14-50)127(117,118)99-64(104)35-56-81(111)94-69-48-31-61(122-59-18-11-44(23-39(59)4)73(105)71(85(115)92-56)97-80(110)55(91-7)22-38(2)3)77(126-87-78(76(108)75(107)63(37-100)124-87)125-65-36-88(6,90)79(109)40(5)121-65)62(32-48)123-60-19-12-45(30-54(60)89)74(106)72-86(116)96-70(84(114)93-67-46-25-41-24-42(27-46)28-47(67)26-41)53-33-49(101)34-58(103)66(53)52-29-43(10-17-57(52)102)68(82(112)98-72)95-83(69)113/h10-19,23,29-34,38,40-42,46-47,55-56,63,65,67-76,78-79,87,91,100-103,105-109H,8-9,20-22,24-28,35-37,90H2,1-7H3,(H,92,115)(H,93,114)(H,94,111)(H,95,113)(H,96,116)(H,97,110)(H,98,112)(H,99,104)/t40-,41?,42?,46?,47?,55+,56-,63+,65-,67?,68+,69+,70-,71+,72-,73+,74+,75+,76-,78+,79+,87-,88-/m0/s1. The summed E-state index contributed by atoms with van der Waals surface area (Å²) < 4.78 is 81.0. The average molecular weight is 1800 g/mol. The number of nitrogens with two attached hydrogens (primary N) is 1. The van der Waals surface area contributed by atoms with E-state index in [9.17, 15) is 64.0 Å². The molecule has 127 heavy (non-hydrogen) atoms. The van der Waals surface area contributed by atoms with Crippen LogP contribution >= 0.6 is 11.6 Å². The number of ether oxygens (including phenoxy) is 8. The van der Waals surface area contributed by atoms with Crippen LogP contribution in [0.5, 0.6) is 51.7 Å². The summed E-state index contributed by atoms with van der Waals surface area (Å²) in [4.78, 5) is 125. The van der Waals surface area contributed by atoms with Crippen LogP contribution in [0.4, 0.5) is 0 Å². The van der Waals surface area contributed by atoms with Gasteiger partial charge in [0.25, 0.3) is 10.0 Å². The van der Waals surface area contributed by atoms with Gasteiger partial charge in [0, 0.05) is 54.8 Å². The molecule has 7 aliphatic heterocycles. The summed E-state index contributed by atoms with van der Waals surface area (Å²) in [5.41, 5.74) is 3.08. The molecule has 8 amide bonds. The molecule has 0 radical (unpaired) electrons. The van der Waals surface area contributed by atoms with Crippen molar-refractivity contribution in [2.75, 3.05) is 33.5 Å². The predicted octanol–water partition coefficient (Wildman–Crippen LogP) is 3.44. The van der Waals surface area contributed by atoms with Crippen molar-refractivity contribution in [3.05, 3.63) is 142 Å². The van der Waals surface area contributed by atoms with Crippen molar-refractivity contribution in [3.63, 3.8) is 0 Å². The molecule has 15 bridgehead atoms. The molecule has 4 saturated carbocycles. The molecule has 0 spiro atoms. The number of amides is 8. The molecule has 0 aromatic heterocycles. The van der Waals surface area contributed by atoms with E-state index in [1.807, 2.05) is 25.5 Å². The average Bonchev–Trinajstić information content (AvgIpc) is 0.761. The van der Waals surface area contributed by atoms with Gasteiger partial charge in [-0.15, -0.1) is 0 Å². The van der Waals surface area contributed by atoms with Crippen LogP contribution in [0.15, 0.2) is 108 Å². The molecule has 11 aliphatic rings. The summed E-state index contributed by atoms with van der Waals surface area (Å²) in [6.45, 7) is 10.0. The number of likely N-dealkylation sites (N-methyl/N-ethyl adjacent to an activating group) is 1. The summed E-state index contributed by atoms with van der Waals surface area (Å²) in [6, 6.07) is 4.86. The third kappa shape index (κ3) is 20.2. The molecule has 0 unspecified atom stereocenters. The number of halogens is 1. The highest BCUT2D eigenvalue weighted by atomic mass is 35.5. The maximum atomic E-state index is 16.7. The summed E-state index contributed by atoms with van der Waals surface area (Å²) in [5.74, 6) is -13.6. The van der Waals surface area contributed by atoms with Gasteiger partial charge >= 0.3 is 0 Å². The third-order valence-electron chi connectivity index (χ3n) is 24.8. The fraction of sp³-hybridized carbons (Fsp3) is 0.500. The molecular weight excluding hydrogens is 1700 g/mol. The van der Waals surface area contributed by atoms with Crippen molar-refractivity contribution in [2.45, 2.75) is 220 Å². The van der Waals surface area contributed by atoms with E-state index in [2.05, 4.69) is 42.5 Å². The Kier molecular flexibility index (Phi) is 28.0. The zero-order chi connectivity index (χ0) is 91.1. The van der Waals surface area contributed by atoms with Crippen molar-refractivity contribution in [3.8, 4) is 62.9 Å². The Balaban J connectivity index is 0.959. The lowest BCUT2D eigenvalue weighted by Crippen LogP contribution is -2.64. The lowest BCUT2D eigenvalue weighted by atomic mass is 9.54. The van der Waals surface area contributed by atoms with Crippen molar-refractivity contribution in [1.29, 1.82) is 0 Å². The van der Waals surface area contributed by atoms with Gasteiger partial charge in [0.2, 0.25) is 59.3 Å². The highest BCUT2D eigenvalue weighted by molar-refractivity contribution is 7.90. The van der Waals surface area contributed by atoms with Gasteiger partial charge < -0.3 is 132 Å². The summed E-state index contributed by atoms with van der Waals surface area (Å²) in [6.07, 6.45) is -14.2. The highest BCUT2D eigenvalue weighted by Crippen LogP contribution is 2.55. The van der Waals surface area contributed by atoms with Crippen molar-refractivity contribution in [2.24, 2.45) is 35.3 Å². The van der Waals surface area contributed by atoms with Crippen LogP contribution in [0.2, 0.25) is 5.02 Å². The van der Waals surface area contributed by atoms with Gasteiger partial charge in [-0.1, -0.05) is 43.6 Å². The fourth-order valence-electron chi connectivity index (χ4n) is 18.5. The number of fused-ring (bicyclic) bond motifs is 15. The first-order valence-electron chi connectivity index (χ1n) is 42.3. The van der Waals surface area contributed by atoms with Crippen LogP contribution in [0.25, 0.3) is 11.1 Å². The lowest BCUT2D eigenvalue weighted by Gasteiger charge is -2.54. The number of phenols is 3. The Morgan fingerprint density at radius 2 is 1.34 bits per heavy atom. The van der Waals surface area contributed by atoms with E-state index in [-0.39, 0.29) is 93.4 Å². The van der Waals surface area contributed by atoms with Crippen LogP contribution in [-0.2, 0) is 67.3 Å². The largest absolute Gasteiger partial charge is 0.508 e. The zero-order valence-corrected chi connectivity index (χ0v) is 72.1. The molecule has 7 heterocycles. The van der Waals surface area contributed by atoms with Gasteiger partial charge in [-0.25, -0.2) is 13.1 Å². The first kappa shape index (κ1) is 92.6. The number of aromatic hydroxyl groups is 3. The lowest BCUT2D eigenvalue weighted by molar-refractivity contribution is -0.333. The molecule has 17 rings (SSSR count). The van der Waals surface area contributed by atoms with E-state index in [0.29, 0.717) is 31.5 Å². The van der Waals surface area contributed by atoms with Crippen LogP contribution in [0.1, 0.15) is 156 Å².